The summed E-state index contributed by atoms with van der Waals surface area (Å²) < 4.78 is 27.1. The fraction of sp³-hybridized carbons (Fsp3) is 0.500. The highest BCUT2D eigenvalue weighted by Gasteiger charge is 2.23. The van der Waals surface area contributed by atoms with Crippen molar-refractivity contribution < 1.29 is 13.2 Å². The van der Waals surface area contributed by atoms with Crippen molar-refractivity contribution >= 4 is 15.8 Å². The standard InChI is InChI=1S/C14H19NO3S/c1-11-6-8-14(9-7-11)19(17,18)15-12-4-2-3-5-13(16)10-12/h6-9,12,15H,2-5,10H2,1H3. The topological polar surface area (TPSA) is 63.2 Å². The molecule has 1 unspecified atom stereocenters. The van der Waals surface area contributed by atoms with E-state index in [1.807, 2.05) is 6.92 Å². The molecule has 0 bridgehead atoms. The average molecular weight is 281 g/mol. The second-order valence-electron chi connectivity index (χ2n) is 5.12. The van der Waals surface area contributed by atoms with Crippen molar-refractivity contribution in [2.24, 2.45) is 0 Å². The van der Waals surface area contributed by atoms with E-state index in [0.29, 0.717) is 12.8 Å². The molecular weight excluding hydrogens is 262 g/mol. The quantitative estimate of drug-likeness (QED) is 0.864. The summed E-state index contributed by atoms with van der Waals surface area (Å²) in [7, 11) is -3.52. The molecule has 1 aliphatic rings. The highest BCUT2D eigenvalue weighted by atomic mass is 32.2. The Morgan fingerprint density at radius 1 is 1.16 bits per heavy atom. The third kappa shape index (κ3) is 3.88. The summed E-state index contributed by atoms with van der Waals surface area (Å²) in [4.78, 5) is 11.8. The molecule has 4 nitrogen and oxygen atoms in total. The Kier molecular flexibility index (Phi) is 4.37. The molecule has 19 heavy (non-hydrogen) atoms. The van der Waals surface area contributed by atoms with Gasteiger partial charge in [-0.2, -0.15) is 0 Å². The monoisotopic (exact) mass is 281 g/mol. The van der Waals surface area contributed by atoms with Gasteiger partial charge in [0.1, 0.15) is 5.78 Å². The summed E-state index contributed by atoms with van der Waals surface area (Å²) in [6, 6.07) is 6.47. The molecule has 5 heteroatoms. The van der Waals surface area contributed by atoms with Crippen LogP contribution < -0.4 is 4.72 Å². The van der Waals surface area contributed by atoms with Gasteiger partial charge in [0.2, 0.25) is 10.0 Å². The number of benzene rings is 1. The molecule has 2 rings (SSSR count). The van der Waals surface area contributed by atoms with Crippen molar-refractivity contribution in [3.8, 4) is 0 Å². The number of hydrogen-bond donors (Lipinski definition) is 1. The van der Waals surface area contributed by atoms with E-state index in [0.717, 1.165) is 24.8 Å². The van der Waals surface area contributed by atoms with Gasteiger partial charge in [-0.25, -0.2) is 13.1 Å². The molecular formula is C14H19NO3S. The number of rotatable bonds is 3. The Labute approximate surface area is 114 Å². The van der Waals surface area contributed by atoms with E-state index < -0.39 is 10.0 Å². The normalized spacial score (nSPS) is 21.1. The second kappa shape index (κ2) is 5.84. The summed E-state index contributed by atoms with van der Waals surface area (Å²) in [6.07, 6.45) is 3.37. The summed E-state index contributed by atoms with van der Waals surface area (Å²) >= 11 is 0. The Morgan fingerprint density at radius 3 is 2.53 bits per heavy atom. The molecule has 1 aliphatic carbocycles. The Balaban J connectivity index is 2.12. The summed E-state index contributed by atoms with van der Waals surface area (Å²) in [5, 5.41) is 0. The van der Waals surface area contributed by atoms with Crippen LogP contribution in [0, 0.1) is 6.92 Å². The fourth-order valence-corrected chi connectivity index (χ4v) is 3.57. The maximum atomic E-state index is 12.2. The Morgan fingerprint density at radius 2 is 1.84 bits per heavy atom. The van der Waals surface area contributed by atoms with Crippen LogP contribution in [0.3, 0.4) is 0 Å². The Hall–Kier alpha value is -1.20. The number of carbonyl (C=O) groups is 1. The van der Waals surface area contributed by atoms with E-state index in [1.165, 1.54) is 0 Å². The minimum atomic E-state index is -3.52. The summed E-state index contributed by atoms with van der Waals surface area (Å²) in [6.45, 7) is 1.91. The molecule has 1 N–H and O–H groups in total. The number of carbonyl (C=O) groups excluding carboxylic acids is 1. The lowest BCUT2D eigenvalue weighted by atomic mass is 10.1. The van der Waals surface area contributed by atoms with Gasteiger partial charge in [-0.1, -0.05) is 24.1 Å². The van der Waals surface area contributed by atoms with Crippen LogP contribution in [-0.4, -0.2) is 20.2 Å². The van der Waals surface area contributed by atoms with Crippen LogP contribution in [0.25, 0.3) is 0 Å². The predicted octanol–water partition coefficient (Wildman–Crippen LogP) is 2.18. The maximum Gasteiger partial charge on any atom is 0.240 e. The number of sulfonamides is 1. The van der Waals surface area contributed by atoms with Crippen molar-refractivity contribution in [2.45, 2.75) is 50.0 Å². The number of ketones is 1. The molecule has 1 fully saturated rings. The third-order valence-electron chi connectivity index (χ3n) is 3.39. The van der Waals surface area contributed by atoms with Crippen LogP contribution >= 0.6 is 0 Å². The molecule has 104 valence electrons. The van der Waals surface area contributed by atoms with E-state index in [-0.39, 0.29) is 16.7 Å². The van der Waals surface area contributed by atoms with Crippen LogP contribution in [0.1, 0.15) is 37.7 Å². The largest absolute Gasteiger partial charge is 0.300 e. The van der Waals surface area contributed by atoms with Gasteiger partial charge in [-0.05, 0) is 31.9 Å². The molecule has 1 atom stereocenters. The third-order valence-corrected chi connectivity index (χ3v) is 4.92. The molecule has 0 spiro atoms. The lowest BCUT2D eigenvalue weighted by Gasteiger charge is -2.15. The van der Waals surface area contributed by atoms with Crippen molar-refractivity contribution in [1.82, 2.24) is 4.72 Å². The van der Waals surface area contributed by atoms with E-state index in [2.05, 4.69) is 4.72 Å². The lowest BCUT2D eigenvalue weighted by Crippen LogP contribution is -2.35. The summed E-state index contributed by atoms with van der Waals surface area (Å²) in [5.41, 5.74) is 1.02. The van der Waals surface area contributed by atoms with E-state index in [4.69, 9.17) is 0 Å². The second-order valence-corrected chi connectivity index (χ2v) is 6.83. The molecule has 1 saturated carbocycles. The van der Waals surface area contributed by atoms with Crippen molar-refractivity contribution in [1.29, 1.82) is 0 Å². The first kappa shape index (κ1) is 14.2. The fourth-order valence-electron chi connectivity index (χ4n) is 2.30. The molecule has 0 radical (unpaired) electrons. The zero-order chi connectivity index (χ0) is 13.9. The van der Waals surface area contributed by atoms with Crippen molar-refractivity contribution in [2.75, 3.05) is 0 Å². The maximum absolute atomic E-state index is 12.2. The van der Waals surface area contributed by atoms with E-state index in [9.17, 15) is 13.2 Å². The van der Waals surface area contributed by atoms with Crippen LogP contribution in [0.4, 0.5) is 0 Å². The van der Waals surface area contributed by atoms with Gasteiger partial charge >= 0.3 is 0 Å². The molecule has 0 aromatic heterocycles. The molecule has 0 heterocycles. The molecule has 1 aromatic carbocycles. The van der Waals surface area contributed by atoms with E-state index >= 15 is 0 Å². The zero-order valence-electron chi connectivity index (χ0n) is 11.1. The lowest BCUT2D eigenvalue weighted by molar-refractivity contribution is -0.119. The SMILES string of the molecule is Cc1ccc(S(=O)(=O)NC2CCCCC(=O)C2)cc1. The van der Waals surface area contributed by atoms with Gasteiger partial charge in [0.05, 0.1) is 4.90 Å². The van der Waals surface area contributed by atoms with Crippen molar-refractivity contribution in [3.63, 3.8) is 0 Å². The molecule has 0 aliphatic heterocycles. The first-order chi connectivity index (χ1) is 8.97. The minimum absolute atomic E-state index is 0.147. The van der Waals surface area contributed by atoms with Crippen LogP contribution in [0.15, 0.2) is 29.2 Å². The smallest absolute Gasteiger partial charge is 0.240 e. The number of Topliss-reactive ketones (excluding diaryl/α,β-unsaturated/α-hetero) is 1. The van der Waals surface area contributed by atoms with Crippen LogP contribution in [0.5, 0.6) is 0 Å². The number of nitrogens with one attached hydrogen (secondary N) is 1. The number of aryl methyl sites for hydroxylation is 1. The Bertz CT molecular complexity index is 549. The molecule has 1 aromatic rings. The first-order valence-corrected chi connectivity index (χ1v) is 8.06. The van der Waals surface area contributed by atoms with Gasteiger partial charge in [-0.3, -0.25) is 4.79 Å². The molecule has 0 saturated heterocycles. The number of hydrogen-bond acceptors (Lipinski definition) is 3. The van der Waals surface area contributed by atoms with Gasteiger partial charge in [0, 0.05) is 18.9 Å². The van der Waals surface area contributed by atoms with E-state index in [1.54, 1.807) is 24.3 Å². The van der Waals surface area contributed by atoms with Crippen molar-refractivity contribution in [3.05, 3.63) is 29.8 Å². The van der Waals surface area contributed by atoms with Gasteiger partial charge in [-0.15, -0.1) is 0 Å². The predicted molar refractivity (Wildman–Crippen MR) is 73.4 cm³/mol. The minimum Gasteiger partial charge on any atom is -0.300 e. The first-order valence-electron chi connectivity index (χ1n) is 6.58. The highest BCUT2D eigenvalue weighted by molar-refractivity contribution is 7.89. The van der Waals surface area contributed by atoms with Gasteiger partial charge in [0.15, 0.2) is 0 Å². The van der Waals surface area contributed by atoms with Crippen LogP contribution in [-0.2, 0) is 14.8 Å². The van der Waals surface area contributed by atoms with Crippen LogP contribution in [0.2, 0.25) is 0 Å². The summed E-state index contributed by atoms with van der Waals surface area (Å²) in [5.74, 6) is 0.147. The van der Waals surface area contributed by atoms with Gasteiger partial charge in [0.25, 0.3) is 0 Å². The molecule has 0 amide bonds. The average Bonchev–Trinajstić information content (AvgIpc) is 2.53. The highest BCUT2D eigenvalue weighted by Crippen LogP contribution is 2.18. The zero-order valence-corrected chi connectivity index (χ0v) is 11.9. The van der Waals surface area contributed by atoms with Gasteiger partial charge < -0.3 is 0 Å².